The zero-order valence-electron chi connectivity index (χ0n) is 20.0. The van der Waals surface area contributed by atoms with E-state index >= 15 is 0 Å². The van der Waals surface area contributed by atoms with Crippen molar-refractivity contribution in [3.63, 3.8) is 0 Å². The molecule has 1 N–H and O–H groups in total. The molecular formula is C28H29FN2O5. The van der Waals surface area contributed by atoms with E-state index in [1.54, 1.807) is 23.0 Å². The summed E-state index contributed by atoms with van der Waals surface area (Å²) >= 11 is 0. The summed E-state index contributed by atoms with van der Waals surface area (Å²) in [6.45, 7) is 1.19. The smallest absolute Gasteiger partial charge is 0.410 e. The van der Waals surface area contributed by atoms with Crippen LogP contribution in [-0.2, 0) is 22.6 Å². The first-order valence-corrected chi connectivity index (χ1v) is 11.8. The van der Waals surface area contributed by atoms with Crippen molar-refractivity contribution >= 4 is 17.7 Å². The van der Waals surface area contributed by atoms with Gasteiger partial charge in [0.1, 0.15) is 6.61 Å². The minimum absolute atomic E-state index is 0.147. The minimum Gasteiger partial charge on any atom is -0.478 e. The standard InChI is InChI=1S/C28H29FN2O5/c1-35-25-18-30(24-14-8-13-22(26(24)29)27(32)33)16-15-23(25)31(17-20-9-4-2-5-10-20)28(34)36-19-21-11-6-3-7-12-21/h2-14,23,25H,15-19H2,1H3,(H,32,33)/t23-,25+/m0/s1. The molecule has 0 spiro atoms. The lowest BCUT2D eigenvalue weighted by molar-refractivity contribution is -0.00340. The van der Waals surface area contributed by atoms with Gasteiger partial charge in [0, 0.05) is 26.7 Å². The predicted molar refractivity (Wildman–Crippen MR) is 133 cm³/mol. The highest BCUT2D eigenvalue weighted by molar-refractivity contribution is 5.89. The van der Waals surface area contributed by atoms with Crippen molar-refractivity contribution in [1.82, 2.24) is 4.90 Å². The molecule has 0 bridgehead atoms. The van der Waals surface area contributed by atoms with Gasteiger partial charge in [-0.3, -0.25) is 4.90 Å². The van der Waals surface area contributed by atoms with Gasteiger partial charge in [-0.2, -0.15) is 0 Å². The summed E-state index contributed by atoms with van der Waals surface area (Å²) in [5.74, 6) is -2.09. The van der Waals surface area contributed by atoms with Gasteiger partial charge in [0.25, 0.3) is 0 Å². The number of nitrogens with zero attached hydrogens (tertiary/aromatic N) is 2. The third-order valence-electron chi connectivity index (χ3n) is 6.41. The number of carboxylic acids is 1. The highest BCUT2D eigenvalue weighted by Gasteiger charge is 2.37. The molecule has 36 heavy (non-hydrogen) atoms. The van der Waals surface area contributed by atoms with Crippen LogP contribution in [0.5, 0.6) is 0 Å². The van der Waals surface area contributed by atoms with Gasteiger partial charge < -0.3 is 19.5 Å². The van der Waals surface area contributed by atoms with Crippen LogP contribution in [-0.4, -0.2) is 54.4 Å². The molecule has 3 aromatic carbocycles. The van der Waals surface area contributed by atoms with Gasteiger partial charge in [0.05, 0.1) is 23.4 Å². The lowest BCUT2D eigenvalue weighted by atomic mass is 9.98. The number of carbonyl (C=O) groups excluding carboxylic acids is 1. The molecule has 1 saturated heterocycles. The van der Waals surface area contributed by atoms with E-state index in [2.05, 4.69) is 0 Å². The highest BCUT2D eigenvalue weighted by Crippen LogP contribution is 2.29. The lowest BCUT2D eigenvalue weighted by Gasteiger charge is -2.43. The van der Waals surface area contributed by atoms with Crippen molar-refractivity contribution in [2.45, 2.75) is 31.7 Å². The molecule has 1 heterocycles. The zero-order chi connectivity index (χ0) is 25.5. The Labute approximate surface area is 209 Å². The summed E-state index contributed by atoms with van der Waals surface area (Å²) in [6, 6.07) is 23.1. The monoisotopic (exact) mass is 492 g/mol. The number of aromatic carboxylic acids is 1. The summed E-state index contributed by atoms with van der Waals surface area (Å²) in [4.78, 5) is 28.1. The fourth-order valence-corrected chi connectivity index (χ4v) is 4.54. The van der Waals surface area contributed by atoms with E-state index in [1.165, 1.54) is 12.1 Å². The number of carbonyl (C=O) groups is 2. The first-order chi connectivity index (χ1) is 17.5. The van der Waals surface area contributed by atoms with Crippen molar-refractivity contribution < 1.29 is 28.6 Å². The molecule has 1 amide bonds. The number of anilines is 1. The van der Waals surface area contributed by atoms with Crippen molar-refractivity contribution in [3.05, 3.63) is 101 Å². The van der Waals surface area contributed by atoms with Crippen LogP contribution in [0.15, 0.2) is 78.9 Å². The Morgan fingerprint density at radius 2 is 1.67 bits per heavy atom. The second-order valence-electron chi connectivity index (χ2n) is 8.67. The van der Waals surface area contributed by atoms with E-state index in [4.69, 9.17) is 9.47 Å². The first kappa shape index (κ1) is 25.2. The van der Waals surface area contributed by atoms with Crippen LogP contribution in [0.25, 0.3) is 0 Å². The number of hydrogen-bond donors (Lipinski definition) is 1. The first-order valence-electron chi connectivity index (χ1n) is 11.8. The zero-order valence-corrected chi connectivity index (χ0v) is 20.0. The van der Waals surface area contributed by atoms with Crippen LogP contribution in [0, 0.1) is 5.82 Å². The van der Waals surface area contributed by atoms with Crippen LogP contribution < -0.4 is 4.90 Å². The van der Waals surface area contributed by atoms with Crippen LogP contribution in [0.3, 0.4) is 0 Å². The maximum atomic E-state index is 14.9. The number of halogens is 1. The molecule has 3 aromatic rings. The molecule has 0 radical (unpaired) electrons. The van der Waals surface area contributed by atoms with E-state index in [9.17, 15) is 19.1 Å². The summed E-state index contributed by atoms with van der Waals surface area (Å²) in [5.41, 5.74) is 1.67. The number of piperidine rings is 1. The van der Waals surface area contributed by atoms with E-state index in [0.29, 0.717) is 26.1 Å². The van der Waals surface area contributed by atoms with Crippen molar-refractivity contribution in [1.29, 1.82) is 0 Å². The average molecular weight is 493 g/mol. The Morgan fingerprint density at radius 1 is 1.00 bits per heavy atom. The van der Waals surface area contributed by atoms with Gasteiger partial charge in [0.2, 0.25) is 0 Å². The quantitative estimate of drug-likeness (QED) is 0.479. The Morgan fingerprint density at radius 3 is 2.31 bits per heavy atom. The van der Waals surface area contributed by atoms with Gasteiger partial charge in [0.15, 0.2) is 5.82 Å². The molecule has 0 aromatic heterocycles. The summed E-state index contributed by atoms with van der Waals surface area (Å²) in [5, 5.41) is 9.29. The van der Waals surface area contributed by atoms with Gasteiger partial charge in [-0.15, -0.1) is 0 Å². The van der Waals surface area contributed by atoms with Crippen molar-refractivity contribution in [2.24, 2.45) is 0 Å². The fourth-order valence-electron chi connectivity index (χ4n) is 4.54. The second kappa shape index (κ2) is 11.7. The molecule has 4 rings (SSSR count). The molecule has 7 nitrogen and oxygen atoms in total. The molecule has 188 valence electrons. The molecule has 0 saturated carbocycles. The summed E-state index contributed by atoms with van der Waals surface area (Å²) in [7, 11) is 1.56. The van der Waals surface area contributed by atoms with Gasteiger partial charge in [-0.25, -0.2) is 14.0 Å². The number of benzene rings is 3. The predicted octanol–water partition coefficient (Wildman–Crippen LogP) is 4.96. The maximum Gasteiger partial charge on any atom is 0.410 e. The second-order valence-corrected chi connectivity index (χ2v) is 8.67. The Bertz CT molecular complexity index is 1180. The maximum absolute atomic E-state index is 14.9. The molecule has 0 aliphatic carbocycles. The molecular weight excluding hydrogens is 463 g/mol. The van der Waals surface area contributed by atoms with Crippen LogP contribution in [0.4, 0.5) is 14.9 Å². The summed E-state index contributed by atoms with van der Waals surface area (Å²) < 4.78 is 26.4. The van der Waals surface area contributed by atoms with Crippen LogP contribution in [0.1, 0.15) is 27.9 Å². The fraction of sp³-hybridized carbons (Fsp3) is 0.286. The number of hydrogen-bond acceptors (Lipinski definition) is 5. The molecule has 8 heteroatoms. The van der Waals surface area contributed by atoms with Crippen LogP contribution in [0.2, 0.25) is 0 Å². The van der Waals surface area contributed by atoms with Crippen molar-refractivity contribution in [3.8, 4) is 0 Å². The normalized spacial score (nSPS) is 17.4. The van der Waals surface area contributed by atoms with Crippen molar-refractivity contribution in [2.75, 3.05) is 25.1 Å². The SMILES string of the molecule is CO[C@@H]1CN(c2cccc(C(=O)O)c2F)CC[C@@H]1N(Cc1ccccc1)C(=O)OCc1ccccc1. The largest absolute Gasteiger partial charge is 0.478 e. The van der Waals surface area contributed by atoms with Gasteiger partial charge in [-0.05, 0) is 29.7 Å². The van der Waals surface area contributed by atoms with E-state index in [0.717, 1.165) is 11.1 Å². The molecule has 1 aliphatic rings. The van der Waals surface area contributed by atoms with Gasteiger partial charge in [-0.1, -0.05) is 66.7 Å². The number of amides is 1. The van der Waals surface area contributed by atoms with E-state index < -0.39 is 24.0 Å². The molecule has 1 aliphatic heterocycles. The molecule has 0 unspecified atom stereocenters. The number of ether oxygens (including phenoxy) is 2. The Balaban J connectivity index is 1.54. The van der Waals surface area contributed by atoms with Crippen LogP contribution >= 0.6 is 0 Å². The van der Waals surface area contributed by atoms with E-state index in [1.807, 2.05) is 60.7 Å². The third kappa shape index (κ3) is 5.83. The molecule has 1 fully saturated rings. The number of methoxy groups -OCH3 is 1. The molecule has 2 atom stereocenters. The minimum atomic E-state index is -1.32. The van der Waals surface area contributed by atoms with Gasteiger partial charge >= 0.3 is 12.1 Å². The Kier molecular flexibility index (Phi) is 8.17. The third-order valence-corrected chi connectivity index (χ3v) is 6.41. The highest BCUT2D eigenvalue weighted by atomic mass is 19.1. The lowest BCUT2D eigenvalue weighted by Crippen LogP contribution is -2.56. The number of carboxylic acid groups (broad SMARTS) is 1. The average Bonchev–Trinajstić information content (AvgIpc) is 2.91. The van der Waals surface area contributed by atoms with E-state index in [-0.39, 0.29) is 23.9 Å². The topological polar surface area (TPSA) is 79.3 Å². The number of rotatable bonds is 8. The summed E-state index contributed by atoms with van der Waals surface area (Å²) in [6.07, 6.45) is -0.412. The Hall–Kier alpha value is -3.91.